The molecule has 0 radical (unpaired) electrons. The van der Waals surface area contributed by atoms with Gasteiger partial charge in [-0.25, -0.2) is 0 Å². The maximum atomic E-state index is 11.6. The Bertz CT molecular complexity index is 255. The van der Waals surface area contributed by atoms with Gasteiger partial charge in [-0.2, -0.15) is 0 Å². The highest BCUT2D eigenvalue weighted by atomic mass is 35.5. The highest BCUT2D eigenvalue weighted by Gasteiger charge is 2.26. The molecule has 0 spiro atoms. The van der Waals surface area contributed by atoms with Gasteiger partial charge in [-0.1, -0.05) is 12.2 Å². The second-order valence-corrected chi connectivity index (χ2v) is 4.88. The molecule has 92 valence electrons. The molecule has 0 aliphatic heterocycles. The summed E-state index contributed by atoms with van der Waals surface area (Å²) in [5.41, 5.74) is 1.20. The standard InChI is InChI=1S/C12H20ClNO2/c1-9-3-4-10(11(13)7-9)8-12(15)14-5-6-16-2/h10-11H,1,3-8H2,2H3,(H,14,15). The predicted octanol–water partition coefficient (Wildman–Crippen LogP) is 2.10. The first-order chi connectivity index (χ1) is 7.63. The monoisotopic (exact) mass is 245 g/mol. The van der Waals surface area contributed by atoms with Crippen LogP contribution in [0.3, 0.4) is 0 Å². The molecule has 2 unspecified atom stereocenters. The summed E-state index contributed by atoms with van der Waals surface area (Å²) >= 11 is 6.22. The Labute approximate surface area is 102 Å². The zero-order chi connectivity index (χ0) is 12.0. The minimum Gasteiger partial charge on any atom is -0.383 e. The van der Waals surface area contributed by atoms with Crippen molar-refractivity contribution in [3.05, 3.63) is 12.2 Å². The molecule has 1 saturated carbocycles. The van der Waals surface area contributed by atoms with Crippen molar-refractivity contribution in [1.82, 2.24) is 5.32 Å². The number of carbonyl (C=O) groups is 1. The Morgan fingerprint density at radius 3 is 3.06 bits per heavy atom. The Morgan fingerprint density at radius 2 is 2.44 bits per heavy atom. The number of rotatable bonds is 5. The van der Waals surface area contributed by atoms with E-state index in [4.69, 9.17) is 16.3 Å². The molecule has 3 nitrogen and oxygen atoms in total. The van der Waals surface area contributed by atoms with E-state index in [1.165, 1.54) is 5.57 Å². The van der Waals surface area contributed by atoms with Crippen LogP contribution < -0.4 is 5.32 Å². The average Bonchev–Trinajstić information content (AvgIpc) is 2.23. The second kappa shape index (κ2) is 6.92. The van der Waals surface area contributed by atoms with Crippen LogP contribution in [0, 0.1) is 5.92 Å². The second-order valence-electron chi connectivity index (χ2n) is 4.32. The molecule has 0 saturated heterocycles. The Kier molecular flexibility index (Phi) is 5.85. The van der Waals surface area contributed by atoms with E-state index in [1.54, 1.807) is 7.11 Å². The van der Waals surface area contributed by atoms with Gasteiger partial charge in [-0.15, -0.1) is 11.6 Å². The fraction of sp³-hybridized carbons (Fsp3) is 0.750. The molecular weight excluding hydrogens is 226 g/mol. The highest BCUT2D eigenvalue weighted by Crippen LogP contribution is 2.33. The third kappa shape index (κ3) is 4.54. The summed E-state index contributed by atoms with van der Waals surface area (Å²) in [6.07, 6.45) is 3.34. The lowest BCUT2D eigenvalue weighted by Crippen LogP contribution is -2.32. The number of ether oxygens (including phenoxy) is 1. The molecule has 0 heterocycles. The van der Waals surface area contributed by atoms with Crippen molar-refractivity contribution >= 4 is 17.5 Å². The van der Waals surface area contributed by atoms with Gasteiger partial charge in [0.1, 0.15) is 0 Å². The number of nitrogens with one attached hydrogen (secondary N) is 1. The van der Waals surface area contributed by atoms with Crippen molar-refractivity contribution in [2.45, 2.75) is 31.1 Å². The van der Waals surface area contributed by atoms with Gasteiger partial charge in [0.05, 0.1) is 6.61 Å². The van der Waals surface area contributed by atoms with Crippen molar-refractivity contribution in [1.29, 1.82) is 0 Å². The molecule has 16 heavy (non-hydrogen) atoms. The number of hydrogen-bond donors (Lipinski definition) is 1. The van der Waals surface area contributed by atoms with Gasteiger partial charge in [-0.3, -0.25) is 4.79 Å². The number of methoxy groups -OCH3 is 1. The molecule has 0 bridgehead atoms. The molecule has 1 aliphatic carbocycles. The Hall–Kier alpha value is -0.540. The van der Waals surface area contributed by atoms with Gasteiger partial charge in [0.2, 0.25) is 5.91 Å². The van der Waals surface area contributed by atoms with Crippen LogP contribution in [0.1, 0.15) is 25.7 Å². The van der Waals surface area contributed by atoms with Crippen molar-refractivity contribution < 1.29 is 9.53 Å². The predicted molar refractivity (Wildman–Crippen MR) is 65.6 cm³/mol. The molecule has 0 aromatic heterocycles. The number of hydrogen-bond acceptors (Lipinski definition) is 2. The van der Waals surface area contributed by atoms with Crippen LogP contribution >= 0.6 is 11.6 Å². The van der Waals surface area contributed by atoms with Crippen LogP contribution in [-0.2, 0) is 9.53 Å². The highest BCUT2D eigenvalue weighted by molar-refractivity contribution is 6.21. The van der Waals surface area contributed by atoms with Crippen molar-refractivity contribution in [2.75, 3.05) is 20.3 Å². The van der Waals surface area contributed by atoms with Crippen LogP contribution in [-0.4, -0.2) is 31.5 Å². The first-order valence-electron chi connectivity index (χ1n) is 5.70. The summed E-state index contributed by atoms with van der Waals surface area (Å²) in [5, 5.41) is 2.88. The molecule has 1 amide bonds. The summed E-state index contributed by atoms with van der Waals surface area (Å²) < 4.78 is 4.87. The van der Waals surface area contributed by atoms with Gasteiger partial charge in [0, 0.05) is 25.5 Å². The summed E-state index contributed by atoms with van der Waals surface area (Å²) in [6, 6.07) is 0. The number of carbonyl (C=O) groups excluding carboxylic acids is 1. The van der Waals surface area contributed by atoms with E-state index in [1.807, 2.05) is 0 Å². The lowest BCUT2D eigenvalue weighted by Gasteiger charge is -2.27. The molecule has 1 aliphatic rings. The third-order valence-electron chi connectivity index (χ3n) is 2.94. The summed E-state index contributed by atoms with van der Waals surface area (Å²) in [6.45, 7) is 5.06. The van der Waals surface area contributed by atoms with Crippen molar-refractivity contribution in [3.8, 4) is 0 Å². The molecule has 0 aromatic rings. The average molecular weight is 246 g/mol. The minimum atomic E-state index is 0.0643. The SMILES string of the molecule is C=C1CCC(CC(=O)NCCOC)C(Cl)C1. The molecule has 1 rings (SSSR count). The van der Waals surface area contributed by atoms with Gasteiger partial charge < -0.3 is 10.1 Å². The normalized spacial score (nSPS) is 25.5. The largest absolute Gasteiger partial charge is 0.383 e. The zero-order valence-corrected chi connectivity index (χ0v) is 10.6. The lowest BCUT2D eigenvalue weighted by atomic mass is 9.84. The van der Waals surface area contributed by atoms with Crippen LogP contribution in [0.2, 0.25) is 0 Å². The maximum Gasteiger partial charge on any atom is 0.220 e. The molecule has 0 aromatic carbocycles. The van der Waals surface area contributed by atoms with Gasteiger partial charge in [0.25, 0.3) is 0 Å². The van der Waals surface area contributed by atoms with Crippen LogP contribution in [0.4, 0.5) is 0 Å². The molecule has 1 N–H and O–H groups in total. The lowest BCUT2D eigenvalue weighted by molar-refractivity contribution is -0.122. The molecule has 4 heteroatoms. The molecular formula is C12H20ClNO2. The molecule has 2 atom stereocenters. The van der Waals surface area contributed by atoms with E-state index < -0.39 is 0 Å². The van der Waals surface area contributed by atoms with E-state index in [0.717, 1.165) is 19.3 Å². The van der Waals surface area contributed by atoms with Crippen LogP contribution in [0.25, 0.3) is 0 Å². The first-order valence-corrected chi connectivity index (χ1v) is 6.13. The minimum absolute atomic E-state index is 0.0643. The zero-order valence-electron chi connectivity index (χ0n) is 9.80. The third-order valence-corrected chi connectivity index (χ3v) is 3.45. The van der Waals surface area contributed by atoms with E-state index in [9.17, 15) is 4.79 Å². The van der Waals surface area contributed by atoms with Crippen molar-refractivity contribution in [2.24, 2.45) is 5.92 Å². The fourth-order valence-electron chi connectivity index (χ4n) is 1.95. The fourth-order valence-corrected chi connectivity index (χ4v) is 2.38. The van der Waals surface area contributed by atoms with Gasteiger partial charge in [0.15, 0.2) is 0 Å². The first kappa shape index (κ1) is 13.5. The Balaban J connectivity index is 2.25. The number of allylic oxidation sites excluding steroid dienone is 1. The summed E-state index contributed by atoms with van der Waals surface area (Å²) in [7, 11) is 1.62. The summed E-state index contributed by atoms with van der Waals surface area (Å²) in [4.78, 5) is 11.6. The topological polar surface area (TPSA) is 38.3 Å². The Morgan fingerprint density at radius 1 is 1.69 bits per heavy atom. The number of alkyl halides is 1. The van der Waals surface area contributed by atoms with E-state index in [2.05, 4.69) is 11.9 Å². The van der Waals surface area contributed by atoms with Crippen LogP contribution in [0.5, 0.6) is 0 Å². The van der Waals surface area contributed by atoms with E-state index in [-0.39, 0.29) is 17.2 Å². The molecule has 1 fully saturated rings. The van der Waals surface area contributed by atoms with Gasteiger partial charge >= 0.3 is 0 Å². The number of halogens is 1. The van der Waals surface area contributed by atoms with E-state index in [0.29, 0.717) is 19.6 Å². The van der Waals surface area contributed by atoms with E-state index >= 15 is 0 Å². The van der Waals surface area contributed by atoms with Gasteiger partial charge in [-0.05, 0) is 25.2 Å². The number of amides is 1. The quantitative estimate of drug-likeness (QED) is 0.458. The smallest absolute Gasteiger partial charge is 0.220 e. The van der Waals surface area contributed by atoms with Crippen LogP contribution in [0.15, 0.2) is 12.2 Å². The van der Waals surface area contributed by atoms with Crippen molar-refractivity contribution in [3.63, 3.8) is 0 Å². The maximum absolute atomic E-state index is 11.6. The summed E-state index contributed by atoms with van der Waals surface area (Å²) in [5.74, 6) is 0.356.